The summed E-state index contributed by atoms with van der Waals surface area (Å²) in [7, 11) is 1.46. The Hall–Kier alpha value is -9.62. The summed E-state index contributed by atoms with van der Waals surface area (Å²) in [6.07, 6.45) is 25.8. The molecule has 760 valence electrons. The number of esters is 3. The molecule has 30 heteroatoms. The zero-order valence-electron chi connectivity index (χ0n) is 84.4. The number of ketones is 1. The summed E-state index contributed by atoms with van der Waals surface area (Å²) in [5.41, 5.74) is 9.03. The number of aryl methyl sites for hydroxylation is 1. The smallest absolute Gasteiger partial charge is 0.324 e. The van der Waals surface area contributed by atoms with Crippen molar-refractivity contribution in [3.63, 3.8) is 0 Å². The topological polar surface area (TPSA) is 328 Å². The molecule has 1 aromatic heterocycles. The van der Waals surface area contributed by atoms with E-state index in [-0.39, 0.29) is 119 Å². The van der Waals surface area contributed by atoms with Crippen LogP contribution in [0.15, 0.2) is 167 Å². The van der Waals surface area contributed by atoms with Crippen molar-refractivity contribution in [1.82, 2.24) is 36.4 Å². The number of aromatic nitrogens is 3. The molecular formula is C112H141IN10O16S3. The van der Waals surface area contributed by atoms with Crippen molar-refractivity contribution in [2.75, 3.05) is 69.2 Å². The Morgan fingerprint density at radius 2 is 1.44 bits per heavy atom. The van der Waals surface area contributed by atoms with E-state index < -0.39 is 55.6 Å². The SMILES string of the molecule is COC(=O)[C@]12CCC(C)(C)C[C@H]1[C@H]1C(=O)C=C3[C@@]4(C)C(ONC(=O)CCCCCCC(=O)Nc5ccccc5)C(C#N)=C(OCc5ccc(OC(=O)C(C)SCCCSC(C)C(=O)Oc6ccc7c(c6)OC6=C(/C=C/C8=[N+](CCCc9cn(CCOCCOCCNC(=O)CCCC[C@H]%10SC[C@H]%11NC(=O)N[C@H]%11%10)nn9)c9ccc%10ccccc%10c9C8(C)C)CCCC6=C7)cc5)C(C)(C)[C@@H]4CC[C@@]3(C)[C@]1(C)CC2.[I-]. The average Bonchev–Trinajstić information content (AvgIpc) is 0.799. The number of ether oxygens (including phenoxy) is 7. The maximum absolute atomic E-state index is 15.6. The third kappa shape index (κ3) is 23.3. The Balaban J connectivity index is 0.0000152. The number of hydrogen-bond acceptors (Lipinski definition) is 22. The van der Waals surface area contributed by atoms with E-state index in [4.69, 9.17) is 38.0 Å². The third-order valence-electron chi connectivity index (χ3n) is 32.2. The third-order valence-corrected chi connectivity index (χ3v) is 36.2. The number of unbranched alkanes of at least 4 members (excludes halogenated alkanes) is 4. The summed E-state index contributed by atoms with van der Waals surface area (Å²) >= 11 is 4.88. The second-order valence-corrected chi connectivity index (χ2v) is 46.8. The minimum absolute atomic E-state index is 0. The molecule has 5 amide bonds. The number of anilines is 1. The number of amides is 5. The number of allylic oxidation sites excluding steroid dienone is 6. The molecule has 5 heterocycles. The van der Waals surface area contributed by atoms with Gasteiger partial charge in [-0.05, 0) is 258 Å². The number of halogens is 1. The number of nitrogens with one attached hydrogen (secondary N) is 5. The molecule has 6 aliphatic carbocycles. The van der Waals surface area contributed by atoms with E-state index >= 15 is 4.79 Å². The summed E-state index contributed by atoms with van der Waals surface area (Å²) in [6, 6.07) is 38.1. The maximum Gasteiger partial charge on any atom is 0.324 e. The van der Waals surface area contributed by atoms with Crippen LogP contribution in [0.2, 0.25) is 0 Å². The van der Waals surface area contributed by atoms with Crippen molar-refractivity contribution in [1.29, 1.82) is 5.26 Å². The first kappa shape index (κ1) is 107. The van der Waals surface area contributed by atoms with E-state index in [1.807, 2.05) is 103 Å². The quantitative estimate of drug-likeness (QED) is 0.00451. The monoisotopic (exact) mass is 2100 g/mol. The highest BCUT2D eigenvalue weighted by Gasteiger charge is 2.73. The summed E-state index contributed by atoms with van der Waals surface area (Å²) in [5.74, 6) is 2.59. The molecule has 26 nitrogen and oxygen atoms in total. The lowest BCUT2D eigenvalue weighted by molar-refractivity contribution is -0.438. The molecule has 0 bridgehead atoms. The highest BCUT2D eigenvalue weighted by atomic mass is 127. The molecule has 5 aromatic carbocycles. The van der Waals surface area contributed by atoms with Crippen LogP contribution in [0.5, 0.6) is 17.2 Å². The predicted molar refractivity (Wildman–Crippen MR) is 550 cm³/mol. The first-order chi connectivity index (χ1) is 67.7. The molecule has 0 spiro atoms. The molecule has 3 unspecified atom stereocenters. The van der Waals surface area contributed by atoms with E-state index in [9.17, 15) is 38.8 Å². The summed E-state index contributed by atoms with van der Waals surface area (Å²) < 4.78 is 47.3. The van der Waals surface area contributed by atoms with Gasteiger partial charge in [0.2, 0.25) is 23.4 Å². The van der Waals surface area contributed by atoms with Gasteiger partial charge in [-0.2, -0.15) is 21.6 Å². The van der Waals surface area contributed by atoms with Crippen LogP contribution in [-0.2, 0) is 82.3 Å². The summed E-state index contributed by atoms with van der Waals surface area (Å²) in [4.78, 5) is 115. The van der Waals surface area contributed by atoms with Crippen molar-refractivity contribution in [2.24, 2.45) is 50.2 Å². The van der Waals surface area contributed by atoms with Gasteiger partial charge in [0.15, 0.2) is 11.5 Å². The normalized spacial score (nSPS) is 25.5. The average molecular weight is 2110 g/mol. The molecule has 6 aromatic rings. The molecule has 0 radical (unpaired) electrons. The standard InChI is InChI=1S/C112H140N10O16S3.HI/c1-71(102(127)135-80-43-38-73(39-44-80)69-134-100-83(67-113)101(138-119-95(126)37-19-14-13-18-36-94(125)115-78-30-16-15-17-31-78)111(11)90(107(100,5)6)48-49-109(9)91(111)65-87(123)97-84-66-106(3,4)50-52-112(84,104(129)131-12)53-51-110(97,109)10)139-61-26-62-140-72(2)103(128)136-81-45-40-76-63-77-29-24-28-75(99(77)137-88(76)64-81)42-47-92-108(7,8)96-82-33-21-20-27-74(82)41-46-86(96)122(92)55-25-32-79-68-121(120-118-79)56-58-133-60-59-132-57-54-114-93(124)35-23-22-34-89-98-85(70-141-89)116-105(130)117-98;/h15-17,20-21,27,30-31,33,38-47,63-65,68,71-72,84-85,89-90,97-98,101H,13-14,18-19,22-26,28-29,32,34-37,48-62,66,69-70H2,1-12H3,(H4-,114,115,116,117,119,124,125,126,130);1H/b47-42+;/t71?,72?,84-,85+,89+,90-,97-,98+,101?,109+,110+,111-,112-;/m0./s1. The van der Waals surface area contributed by atoms with Crippen molar-refractivity contribution >= 4 is 117 Å². The minimum atomic E-state index is -1.07. The van der Waals surface area contributed by atoms with E-state index in [2.05, 4.69) is 165 Å². The number of fused-ring (bicyclic) bond motifs is 13. The van der Waals surface area contributed by atoms with Gasteiger partial charge in [0.05, 0.1) is 68.7 Å². The molecule has 4 aliphatic heterocycles. The number of methoxy groups -OCH3 is 1. The van der Waals surface area contributed by atoms with Gasteiger partial charge in [-0.25, -0.2) is 15.0 Å². The number of para-hydroxylation sites is 1. The second kappa shape index (κ2) is 46.4. The van der Waals surface area contributed by atoms with Crippen molar-refractivity contribution in [3.8, 4) is 23.3 Å². The largest absolute Gasteiger partial charge is 1.00 e. The van der Waals surface area contributed by atoms with E-state index in [1.165, 1.54) is 58.4 Å². The fraction of sp³-hybridized carbons (Fsp3) is 0.554. The van der Waals surface area contributed by atoms with Crippen molar-refractivity contribution in [2.45, 2.75) is 276 Å². The van der Waals surface area contributed by atoms with Gasteiger partial charge in [-0.15, -0.1) is 28.6 Å². The number of benzene rings is 5. The Bertz CT molecular complexity index is 5900. The van der Waals surface area contributed by atoms with Crippen LogP contribution in [0.1, 0.15) is 240 Å². The lowest BCUT2D eigenvalue weighted by atomic mass is 9.33. The minimum Gasteiger partial charge on any atom is -1.00 e. The van der Waals surface area contributed by atoms with Crippen LogP contribution in [0, 0.1) is 61.6 Å². The number of nitrogens with zero attached hydrogens (tertiary/aromatic N) is 5. The Morgan fingerprint density at radius 3 is 2.20 bits per heavy atom. The fourth-order valence-electron chi connectivity index (χ4n) is 24.6. The first-order valence-corrected chi connectivity index (χ1v) is 54.2. The molecule has 13 atom stereocenters. The number of urea groups is 1. The number of hydroxylamine groups is 1. The lowest BCUT2D eigenvalue weighted by Crippen LogP contribution is -3.00. The highest BCUT2D eigenvalue weighted by molar-refractivity contribution is 8.01. The number of carbonyl (C=O) groups excluding carboxylic acids is 8. The molecule has 3 saturated carbocycles. The molecule has 5 N–H and O–H groups in total. The van der Waals surface area contributed by atoms with Crippen molar-refractivity contribution < 1.29 is 105 Å². The molecule has 16 rings (SSSR count). The molecule has 2 saturated heterocycles. The highest BCUT2D eigenvalue weighted by Crippen LogP contribution is 2.76. The van der Waals surface area contributed by atoms with Crippen molar-refractivity contribution in [3.05, 3.63) is 190 Å². The molecule has 10 aliphatic rings. The number of carbonyl (C=O) groups is 8. The van der Waals surface area contributed by atoms with E-state index in [0.717, 1.165) is 134 Å². The van der Waals surface area contributed by atoms with E-state index in [1.54, 1.807) is 12.1 Å². The van der Waals surface area contributed by atoms with Crippen LogP contribution in [0.4, 0.5) is 16.2 Å². The van der Waals surface area contributed by atoms with Crippen LogP contribution in [0.25, 0.3) is 16.8 Å². The molecule has 142 heavy (non-hydrogen) atoms. The van der Waals surface area contributed by atoms with E-state index in [0.29, 0.717) is 143 Å². The van der Waals surface area contributed by atoms with Gasteiger partial charge in [0.1, 0.15) is 70.2 Å². The maximum atomic E-state index is 15.6. The zero-order chi connectivity index (χ0) is 99.6. The summed E-state index contributed by atoms with van der Waals surface area (Å²) in [5, 5.41) is 34.4. The predicted octanol–water partition coefficient (Wildman–Crippen LogP) is 17.0. The lowest BCUT2D eigenvalue weighted by Gasteiger charge is -2.70. The zero-order valence-corrected chi connectivity index (χ0v) is 89.0. The van der Waals surface area contributed by atoms with Crippen LogP contribution < -0.4 is 64.9 Å². The summed E-state index contributed by atoms with van der Waals surface area (Å²) in [6.45, 7) is 27.2. The van der Waals surface area contributed by atoms with Gasteiger partial charge >= 0.3 is 23.9 Å². The number of nitriles is 1. The van der Waals surface area contributed by atoms with Gasteiger partial charge in [0.25, 0.3) is 0 Å². The Morgan fingerprint density at radius 1 is 0.739 bits per heavy atom. The number of thioether (sulfide) groups is 3. The Labute approximate surface area is 865 Å². The number of rotatable bonds is 44. The van der Waals surface area contributed by atoms with Gasteiger partial charge in [-0.1, -0.05) is 133 Å². The van der Waals surface area contributed by atoms with Crippen LogP contribution in [-0.4, -0.2) is 171 Å². The number of hydrogen-bond donors (Lipinski definition) is 5. The van der Waals surface area contributed by atoms with Crippen LogP contribution >= 0.6 is 35.3 Å². The van der Waals surface area contributed by atoms with Gasteiger partial charge < -0.3 is 78.4 Å². The van der Waals surface area contributed by atoms with Gasteiger partial charge in [0, 0.05) is 101 Å². The molecular weight excluding hydrogens is 1960 g/mol. The second-order valence-electron chi connectivity index (χ2n) is 42.6. The molecule has 5 fully saturated rings. The first-order valence-electron chi connectivity index (χ1n) is 51.0. The fourth-order valence-corrected chi connectivity index (χ4v) is 28.0. The Kier molecular flexibility index (Phi) is 34.8. The van der Waals surface area contributed by atoms with Gasteiger partial charge in [-0.3, -0.25) is 38.4 Å². The van der Waals surface area contributed by atoms with Crippen LogP contribution in [0.3, 0.4) is 0 Å².